The first-order chi connectivity index (χ1) is 11.9. The predicted molar refractivity (Wildman–Crippen MR) is 92.2 cm³/mol. The van der Waals surface area contributed by atoms with E-state index in [0.29, 0.717) is 24.8 Å². The van der Waals surface area contributed by atoms with Crippen molar-refractivity contribution in [3.05, 3.63) is 65.5 Å². The molecular weight excluding hydrogens is 343 g/mol. The van der Waals surface area contributed by atoms with Crippen LogP contribution in [0.2, 0.25) is 0 Å². The molecule has 2 atom stereocenters. The van der Waals surface area contributed by atoms with Gasteiger partial charge < -0.3 is 11.1 Å². The summed E-state index contributed by atoms with van der Waals surface area (Å²) in [6, 6.07) is 11.6. The van der Waals surface area contributed by atoms with Crippen LogP contribution in [0.1, 0.15) is 29.9 Å². The van der Waals surface area contributed by atoms with Crippen LogP contribution in [0, 0.1) is 5.82 Å². The zero-order valence-corrected chi connectivity index (χ0v) is 14.3. The predicted octanol–water partition coefficient (Wildman–Crippen LogP) is 2.71. The molecule has 0 fully saturated rings. The molecule has 0 saturated carbocycles. The van der Waals surface area contributed by atoms with E-state index in [1.807, 2.05) is 0 Å². The van der Waals surface area contributed by atoms with E-state index < -0.39 is 33.0 Å². The summed E-state index contributed by atoms with van der Waals surface area (Å²) in [6.07, 6.45) is 1.84. The maximum Gasteiger partial charge on any atom is 0.313 e. The number of hydrogen-bond donors (Lipinski definition) is 2. The number of halogens is 1. The monoisotopic (exact) mass is 362 g/mol. The molecule has 0 spiro atoms. The van der Waals surface area contributed by atoms with Crippen LogP contribution in [0.4, 0.5) is 9.18 Å². The van der Waals surface area contributed by atoms with Crippen LogP contribution in [-0.4, -0.2) is 19.8 Å². The molecule has 2 amide bonds. The summed E-state index contributed by atoms with van der Waals surface area (Å²) >= 11 is 0. The van der Waals surface area contributed by atoms with E-state index in [1.54, 1.807) is 30.3 Å². The number of benzene rings is 2. The van der Waals surface area contributed by atoms with E-state index in [9.17, 15) is 17.6 Å². The molecule has 132 valence electrons. The van der Waals surface area contributed by atoms with Crippen molar-refractivity contribution in [1.29, 1.82) is 0 Å². The fourth-order valence-corrected chi connectivity index (χ4v) is 5.27. The van der Waals surface area contributed by atoms with Crippen LogP contribution in [0.5, 0.6) is 0 Å². The Morgan fingerprint density at radius 1 is 1.16 bits per heavy atom. The van der Waals surface area contributed by atoms with Gasteiger partial charge in [0.25, 0.3) is 0 Å². The second kappa shape index (κ2) is 6.84. The van der Waals surface area contributed by atoms with Gasteiger partial charge in [0.2, 0.25) is 0 Å². The number of rotatable bonds is 4. The van der Waals surface area contributed by atoms with Gasteiger partial charge >= 0.3 is 6.03 Å². The normalized spacial score (nSPS) is 18.2. The molecule has 2 aromatic rings. The summed E-state index contributed by atoms with van der Waals surface area (Å²) < 4.78 is 40.7. The summed E-state index contributed by atoms with van der Waals surface area (Å²) in [6.45, 7) is 0. The van der Waals surface area contributed by atoms with Crippen molar-refractivity contribution in [2.75, 3.05) is 0 Å². The summed E-state index contributed by atoms with van der Waals surface area (Å²) in [5.41, 5.74) is 6.35. The molecule has 3 rings (SSSR count). The molecular formula is C18H19FN2O3S. The number of hydrogen-bond acceptors (Lipinski definition) is 3. The second-order valence-electron chi connectivity index (χ2n) is 6.10. The summed E-state index contributed by atoms with van der Waals surface area (Å²) in [4.78, 5) is 11.5. The maximum absolute atomic E-state index is 14.5. The Balaban J connectivity index is 2.12. The molecule has 0 bridgehead atoms. The molecule has 0 aliphatic heterocycles. The van der Waals surface area contributed by atoms with Gasteiger partial charge in [-0.15, -0.1) is 0 Å². The molecule has 5 nitrogen and oxygen atoms in total. The number of urea groups is 1. The van der Waals surface area contributed by atoms with Crippen LogP contribution in [0.15, 0.2) is 53.4 Å². The molecule has 1 aliphatic carbocycles. The number of fused-ring (bicyclic) bond motifs is 1. The van der Waals surface area contributed by atoms with Gasteiger partial charge in [-0.25, -0.2) is 17.6 Å². The number of amides is 2. The van der Waals surface area contributed by atoms with E-state index in [2.05, 4.69) is 5.32 Å². The average Bonchev–Trinajstić information content (AvgIpc) is 2.60. The molecule has 0 heterocycles. The van der Waals surface area contributed by atoms with Crippen molar-refractivity contribution in [3.63, 3.8) is 0 Å². The largest absolute Gasteiger partial charge is 0.352 e. The first kappa shape index (κ1) is 17.4. The van der Waals surface area contributed by atoms with Crippen LogP contribution in [0.3, 0.4) is 0 Å². The number of carbonyl (C=O) groups excluding carboxylic acids is 1. The lowest BCUT2D eigenvalue weighted by Gasteiger charge is -2.32. The fourth-order valence-electron chi connectivity index (χ4n) is 3.47. The molecule has 2 unspecified atom stereocenters. The van der Waals surface area contributed by atoms with Gasteiger partial charge in [0.15, 0.2) is 9.84 Å². The first-order valence-corrected chi connectivity index (χ1v) is 9.58. The van der Waals surface area contributed by atoms with Gasteiger partial charge in [-0.05, 0) is 48.6 Å². The quantitative estimate of drug-likeness (QED) is 0.876. The lowest BCUT2D eigenvalue weighted by Crippen LogP contribution is -2.48. The number of sulfone groups is 1. The van der Waals surface area contributed by atoms with Crippen molar-refractivity contribution in [2.45, 2.75) is 35.4 Å². The molecule has 25 heavy (non-hydrogen) atoms. The number of primary amides is 1. The molecule has 0 saturated heterocycles. The van der Waals surface area contributed by atoms with Gasteiger partial charge in [-0.1, -0.05) is 30.3 Å². The Hall–Kier alpha value is -2.41. The van der Waals surface area contributed by atoms with Gasteiger partial charge in [0.1, 0.15) is 11.2 Å². The number of nitrogens with one attached hydrogen (secondary N) is 1. The Bertz CT molecular complexity index is 884. The standard InChI is InChI=1S/C18H19FN2O3S/c19-15-11-5-7-12-6-4-10-14(16(12)15)17(21-18(20)22)25(23,24)13-8-2-1-3-9-13/h1-3,5,7-9,11,14,17H,4,6,10H2,(H3,20,21,22). The SMILES string of the molecule is NC(=O)NC(C1CCCc2cccc(F)c21)S(=O)(=O)c1ccccc1. The Morgan fingerprint density at radius 3 is 2.56 bits per heavy atom. The van der Waals surface area contributed by atoms with Crippen molar-refractivity contribution in [1.82, 2.24) is 5.32 Å². The summed E-state index contributed by atoms with van der Waals surface area (Å²) in [7, 11) is -3.93. The number of aryl methyl sites for hydroxylation is 1. The third kappa shape index (κ3) is 3.37. The van der Waals surface area contributed by atoms with E-state index in [1.165, 1.54) is 18.2 Å². The third-order valence-electron chi connectivity index (χ3n) is 4.53. The van der Waals surface area contributed by atoms with E-state index in [0.717, 1.165) is 5.56 Å². The van der Waals surface area contributed by atoms with E-state index in [-0.39, 0.29) is 4.90 Å². The smallest absolute Gasteiger partial charge is 0.313 e. The first-order valence-electron chi connectivity index (χ1n) is 8.03. The molecule has 1 aliphatic rings. The minimum atomic E-state index is -3.93. The number of nitrogens with two attached hydrogens (primary N) is 1. The zero-order chi connectivity index (χ0) is 18.0. The second-order valence-corrected chi connectivity index (χ2v) is 8.17. The molecule has 3 N–H and O–H groups in total. The third-order valence-corrected chi connectivity index (χ3v) is 6.58. The van der Waals surface area contributed by atoms with Gasteiger partial charge in [0.05, 0.1) is 4.90 Å². The zero-order valence-electron chi connectivity index (χ0n) is 13.5. The summed E-state index contributed by atoms with van der Waals surface area (Å²) in [5, 5.41) is 1.02. The molecule has 2 aromatic carbocycles. The highest BCUT2D eigenvalue weighted by molar-refractivity contribution is 7.92. The number of carbonyl (C=O) groups is 1. The highest BCUT2D eigenvalue weighted by Gasteiger charge is 2.39. The van der Waals surface area contributed by atoms with Gasteiger partial charge in [-0.2, -0.15) is 0 Å². The van der Waals surface area contributed by atoms with Crippen LogP contribution < -0.4 is 11.1 Å². The lowest BCUT2D eigenvalue weighted by molar-refractivity contribution is 0.245. The Kier molecular flexibility index (Phi) is 4.76. The van der Waals surface area contributed by atoms with Crippen molar-refractivity contribution >= 4 is 15.9 Å². The van der Waals surface area contributed by atoms with Gasteiger partial charge in [-0.3, -0.25) is 0 Å². The van der Waals surface area contributed by atoms with Crippen molar-refractivity contribution < 1.29 is 17.6 Å². The Morgan fingerprint density at radius 2 is 1.88 bits per heavy atom. The van der Waals surface area contributed by atoms with Crippen LogP contribution in [0.25, 0.3) is 0 Å². The fraction of sp³-hybridized carbons (Fsp3) is 0.278. The van der Waals surface area contributed by atoms with Crippen LogP contribution in [-0.2, 0) is 16.3 Å². The minimum absolute atomic E-state index is 0.0669. The Labute approximate surface area is 146 Å². The van der Waals surface area contributed by atoms with Crippen molar-refractivity contribution in [3.8, 4) is 0 Å². The van der Waals surface area contributed by atoms with Crippen LogP contribution >= 0.6 is 0 Å². The average molecular weight is 362 g/mol. The molecule has 7 heteroatoms. The van der Waals surface area contributed by atoms with E-state index >= 15 is 0 Å². The lowest BCUT2D eigenvalue weighted by atomic mass is 9.82. The maximum atomic E-state index is 14.5. The van der Waals surface area contributed by atoms with Gasteiger partial charge in [0, 0.05) is 5.92 Å². The molecule has 0 radical (unpaired) electrons. The highest BCUT2D eigenvalue weighted by atomic mass is 32.2. The summed E-state index contributed by atoms with van der Waals surface area (Å²) in [5.74, 6) is -1.15. The minimum Gasteiger partial charge on any atom is -0.352 e. The highest BCUT2D eigenvalue weighted by Crippen LogP contribution is 2.38. The topological polar surface area (TPSA) is 89.3 Å². The van der Waals surface area contributed by atoms with Crippen molar-refractivity contribution in [2.24, 2.45) is 5.73 Å². The molecule has 0 aromatic heterocycles. The van der Waals surface area contributed by atoms with E-state index in [4.69, 9.17) is 5.73 Å².